The predicted octanol–water partition coefficient (Wildman–Crippen LogP) is 7.53. The molecule has 2 aromatic carbocycles. The molecule has 0 spiro atoms. The van der Waals surface area contributed by atoms with Crippen LogP contribution in [0.2, 0.25) is 5.02 Å². The normalized spacial score (nSPS) is 16.9. The second-order valence-corrected chi connectivity index (χ2v) is 11.6. The smallest absolute Gasteiger partial charge is 0.226 e. The summed E-state index contributed by atoms with van der Waals surface area (Å²) in [5, 5.41) is 7.92. The van der Waals surface area contributed by atoms with Gasteiger partial charge in [-0.2, -0.15) is 0 Å². The number of carbonyl (C=O) groups is 1. The van der Waals surface area contributed by atoms with Crippen molar-refractivity contribution < 1.29 is 4.79 Å². The molecule has 8 heteroatoms. The summed E-state index contributed by atoms with van der Waals surface area (Å²) in [6, 6.07) is 19.9. The Morgan fingerprint density at radius 2 is 1.80 bits per heavy atom. The Balaban J connectivity index is 1.64. The maximum absolute atomic E-state index is 12.4. The fourth-order valence-electron chi connectivity index (χ4n) is 5.45. The number of hydrogen-bond donors (Lipinski definition) is 2. The predicted molar refractivity (Wildman–Crippen MR) is 168 cm³/mol. The molecule has 1 saturated heterocycles. The number of halogens is 1. The summed E-state index contributed by atoms with van der Waals surface area (Å²) < 4.78 is 2.27. The molecular weight excluding hydrogens is 538 g/mol. The monoisotopic (exact) mass is 571 g/mol. The van der Waals surface area contributed by atoms with Gasteiger partial charge in [0.05, 0.1) is 17.8 Å². The van der Waals surface area contributed by atoms with Crippen molar-refractivity contribution in [1.29, 1.82) is 0 Å². The summed E-state index contributed by atoms with van der Waals surface area (Å²) in [5.74, 6) is -0.109. The molecule has 0 unspecified atom stereocenters. The molecule has 40 heavy (non-hydrogen) atoms. The molecular formula is C32H34ClN5OS. The van der Waals surface area contributed by atoms with Crippen LogP contribution in [0.3, 0.4) is 0 Å². The maximum atomic E-state index is 12.4. The number of hydrogen-bond acceptors (Lipinski definition) is 3. The van der Waals surface area contributed by atoms with Gasteiger partial charge in [0.15, 0.2) is 5.11 Å². The first kappa shape index (κ1) is 27.9. The average Bonchev–Trinajstić information content (AvgIpc) is 3.41. The molecule has 0 radical (unpaired) electrons. The Morgan fingerprint density at radius 3 is 2.48 bits per heavy atom. The summed E-state index contributed by atoms with van der Waals surface area (Å²) >= 11 is 12.4. The van der Waals surface area contributed by atoms with E-state index in [-0.39, 0.29) is 23.9 Å². The highest BCUT2D eigenvalue weighted by molar-refractivity contribution is 7.80. The number of rotatable bonds is 6. The van der Waals surface area contributed by atoms with E-state index in [9.17, 15) is 4.79 Å². The zero-order valence-electron chi connectivity index (χ0n) is 23.6. The molecule has 2 N–H and O–H groups in total. The number of anilines is 2. The maximum Gasteiger partial charge on any atom is 0.226 e. The number of thiocarbonyl (C=S) groups is 1. The molecule has 0 bridgehead atoms. The minimum absolute atomic E-state index is 0.00829. The summed E-state index contributed by atoms with van der Waals surface area (Å²) in [4.78, 5) is 19.2. The SMILES string of the molecule is Cc1cc(N2C(=S)N[C@H](c3ccccn3)[C@@H]2c2cc(C)n(-c3cc(Cl)ccc3C)c2C)ccc1NC(=O)C(C)C. The Morgan fingerprint density at radius 1 is 1.02 bits per heavy atom. The molecule has 3 heterocycles. The second kappa shape index (κ2) is 11.1. The largest absolute Gasteiger partial charge is 0.351 e. The van der Waals surface area contributed by atoms with Crippen molar-refractivity contribution in [2.45, 2.75) is 53.6 Å². The molecule has 2 aromatic heterocycles. The topological polar surface area (TPSA) is 62.2 Å². The van der Waals surface area contributed by atoms with Crippen LogP contribution >= 0.6 is 23.8 Å². The zero-order valence-corrected chi connectivity index (χ0v) is 25.2. The number of benzene rings is 2. The number of aromatic nitrogens is 2. The van der Waals surface area contributed by atoms with Crippen molar-refractivity contribution >= 4 is 46.2 Å². The molecule has 0 aliphatic carbocycles. The number of nitrogens with zero attached hydrogens (tertiary/aromatic N) is 3. The highest BCUT2D eigenvalue weighted by Crippen LogP contribution is 2.44. The van der Waals surface area contributed by atoms with Crippen LogP contribution in [-0.2, 0) is 4.79 Å². The lowest BCUT2D eigenvalue weighted by Crippen LogP contribution is -2.29. The lowest BCUT2D eigenvalue weighted by molar-refractivity contribution is -0.118. The molecule has 4 aromatic rings. The van der Waals surface area contributed by atoms with Gasteiger partial charge >= 0.3 is 0 Å². The van der Waals surface area contributed by atoms with Crippen LogP contribution in [0.15, 0.2) is 66.9 Å². The van der Waals surface area contributed by atoms with Gasteiger partial charge in [0.25, 0.3) is 0 Å². The third kappa shape index (κ3) is 5.11. The van der Waals surface area contributed by atoms with E-state index in [0.29, 0.717) is 10.1 Å². The van der Waals surface area contributed by atoms with Gasteiger partial charge in [-0.15, -0.1) is 0 Å². The first-order valence-electron chi connectivity index (χ1n) is 13.4. The van der Waals surface area contributed by atoms with Gasteiger partial charge in [-0.25, -0.2) is 0 Å². The Hall–Kier alpha value is -3.68. The van der Waals surface area contributed by atoms with Crippen molar-refractivity contribution in [3.8, 4) is 5.69 Å². The van der Waals surface area contributed by atoms with Crippen LogP contribution in [0.5, 0.6) is 0 Å². The highest BCUT2D eigenvalue weighted by Gasteiger charge is 2.42. The van der Waals surface area contributed by atoms with Gasteiger partial charge in [-0.3, -0.25) is 9.78 Å². The fraction of sp³-hybridized carbons (Fsp3) is 0.281. The lowest BCUT2D eigenvalue weighted by Gasteiger charge is -2.29. The number of nitrogens with one attached hydrogen (secondary N) is 2. The third-order valence-corrected chi connectivity index (χ3v) is 8.12. The van der Waals surface area contributed by atoms with Gasteiger partial charge in [0.2, 0.25) is 5.91 Å². The quantitative estimate of drug-likeness (QED) is 0.234. The molecule has 0 saturated carbocycles. The van der Waals surface area contributed by atoms with Crippen LogP contribution < -0.4 is 15.5 Å². The summed E-state index contributed by atoms with van der Waals surface area (Å²) in [6.07, 6.45) is 1.81. The van der Waals surface area contributed by atoms with Gasteiger partial charge in [0, 0.05) is 45.6 Å². The molecule has 1 aliphatic rings. The van der Waals surface area contributed by atoms with Gasteiger partial charge < -0.3 is 20.1 Å². The van der Waals surface area contributed by atoms with E-state index in [1.807, 2.05) is 75.5 Å². The second-order valence-electron chi connectivity index (χ2n) is 10.7. The fourth-order valence-corrected chi connectivity index (χ4v) is 5.96. The van der Waals surface area contributed by atoms with Crippen molar-refractivity contribution in [3.63, 3.8) is 0 Å². The van der Waals surface area contributed by atoms with E-state index in [2.05, 4.69) is 53.0 Å². The third-order valence-electron chi connectivity index (χ3n) is 7.57. The molecule has 1 aliphatic heterocycles. The van der Waals surface area contributed by atoms with Gasteiger partial charge in [-0.05, 0) is 105 Å². The Labute approximate surface area is 246 Å². The standard InChI is InChI=1S/C32H34ClN5OS/c1-18(2)31(39)35-26-13-12-24(15-20(26)4)38-30(29(36-32(38)40)27-9-7-8-14-34-27)25-16-21(5)37(22(25)6)28-17-23(33)11-10-19(28)3/h7-18,29-30H,1-6H3,(H,35,39)(H,36,40)/t29-,30+/m1/s1. The van der Waals surface area contributed by atoms with E-state index < -0.39 is 0 Å². The van der Waals surface area contributed by atoms with Crippen LogP contribution in [-0.4, -0.2) is 20.6 Å². The number of carbonyl (C=O) groups excluding carboxylic acids is 1. The molecule has 2 atom stereocenters. The summed E-state index contributed by atoms with van der Waals surface area (Å²) in [5.41, 5.74) is 9.21. The van der Waals surface area contributed by atoms with Crippen molar-refractivity contribution in [2.75, 3.05) is 10.2 Å². The number of amides is 1. The Kier molecular flexibility index (Phi) is 7.71. The highest BCUT2D eigenvalue weighted by atomic mass is 35.5. The van der Waals surface area contributed by atoms with Gasteiger partial charge in [-0.1, -0.05) is 37.6 Å². The minimum Gasteiger partial charge on any atom is -0.351 e. The number of aryl methyl sites for hydroxylation is 3. The summed E-state index contributed by atoms with van der Waals surface area (Å²) in [6.45, 7) is 12.1. The van der Waals surface area contributed by atoms with Crippen molar-refractivity contribution in [1.82, 2.24) is 14.9 Å². The van der Waals surface area contributed by atoms with Crippen LogP contribution in [0.25, 0.3) is 5.69 Å². The first-order valence-corrected chi connectivity index (χ1v) is 14.2. The zero-order chi connectivity index (χ0) is 28.7. The minimum atomic E-state index is -0.163. The van der Waals surface area contributed by atoms with E-state index in [1.165, 1.54) is 0 Å². The van der Waals surface area contributed by atoms with E-state index in [0.717, 1.165) is 50.8 Å². The Bertz CT molecular complexity index is 1600. The number of pyridine rings is 1. The van der Waals surface area contributed by atoms with Crippen molar-refractivity contribution in [2.24, 2.45) is 5.92 Å². The first-order chi connectivity index (χ1) is 19.1. The van der Waals surface area contributed by atoms with Crippen LogP contribution in [0, 0.1) is 33.6 Å². The van der Waals surface area contributed by atoms with E-state index in [1.54, 1.807) is 0 Å². The van der Waals surface area contributed by atoms with Crippen LogP contribution in [0.1, 0.15) is 59.7 Å². The van der Waals surface area contributed by atoms with E-state index >= 15 is 0 Å². The van der Waals surface area contributed by atoms with Crippen molar-refractivity contribution in [3.05, 3.63) is 106 Å². The van der Waals surface area contributed by atoms with Gasteiger partial charge in [0.1, 0.15) is 0 Å². The average molecular weight is 572 g/mol. The van der Waals surface area contributed by atoms with E-state index in [4.69, 9.17) is 28.8 Å². The summed E-state index contributed by atoms with van der Waals surface area (Å²) in [7, 11) is 0. The molecule has 5 rings (SSSR count). The molecule has 6 nitrogen and oxygen atoms in total. The lowest BCUT2D eigenvalue weighted by atomic mass is 9.96. The molecule has 206 valence electrons. The van der Waals surface area contributed by atoms with Crippen LogP contribution in [0.4, 0.5) is 11.4 Å². The molecule has 1 amide bonds. The molecule has 1 fully saturated rings.